The van der Waals surface area contributed by atoms with E-state index < -0.39 is 6.10 Å². The molecular weight excluding hydrogens is 284 g/mol. The molecule has 4 nitrogen and oxygen atoms in total. The van der Waals surface area contributed by atoms with Gasteiger partial charge in [-0.2, -0.15) is 4.98 Å². The summed E-state index contributed by atoms with van der Waals surface area (Å²) in [5.74, 6) is 1.11. The maximum atomic E-state index is 9.21. The van der Waals surface area contributed by atoms with E-state index in [0.717, 1.165) is 10.0 Å². The molecule has 0 bridgehead atoms. The van der Waals surface area contributed by atoms with Crippen LogP contribution in [0, 0.1) is 0 Å². The summed E-state index contributed by atoms with van der Waals surface area (Å²) in [4.78, 5) is 4.22. The molecule has 2 rings (SSSR count). The normalized spacial score (nSPS) is 12.6. The molecule has 1 heterocycles. The molecule has 0 aliphatic rings. The lowest BCUT2D eigenvalue weighted by atomic mass is 10.1. The molecule has 1 N–H and O–H groups in total. The lowest BCUT2D eigenvalue weighted by molar-refractivity contribution is 0.191. The molecule has 90 valence electrons. The van der Waals surface area contributed by atoms with Gasteiger partial charge >= 0.3 is 0 Å². The topological polar surface area (TPSA) is 59.2 Å². The van der Waals surface area contributed by atoms with Crippen LogP contribution in [0.5, 0.6) is 0 Å². The van der Waals surface area contributed by atoms with Gasteiger partial charge in [0.2, 0.25) is 5.89 Å². The van der Waals surface area contributed by atoms with E-state index in [9.17, 15) is 5.11 Å². The quantitative estimate of drug-likeness (QED) is 0.941. The van der Waals surface area contributed by atoms with Gasteiger partial charge in [0.15, 0.2) is 5.82 Å². The van der Waals surface area contributed by atoms with E-state index in [1.807, 2.05) is 24.3 Å². The van der Waals surface area contributed by atoms with E-state index >= 15 is 0 Å². The first-order valence-electron chi connectivity index (χ1n) is 5.37. The highest BCUT2D eigenvalue weighted by Crippen LogP contribution is 2.14. The van der Waals surface area contributed by atoms with Gasteiger partial charge in [-0.05, 0) is 24.6 Å². The van der Waals surface area contributed by atoms with E-state index in [2.05, 4.69) is 26.1 Å². The molecule has 0 amide bonds. The molecule has 0 saturated heterocycles. The number of benzene rings is 1. The van der Waals surface area contributed by atoms with Crippen LogP contribution in [-0.4, -0.2) is 21.4 Å². The van der Waals surface area contributed by atoms with Crippen molar-refractivity contribution in [1.82, 2.24) is 10.1 Å². The Morgan fingerprint density at radius 2 is 2.29 bits per heavy atom. The Morgan fingerprint density at radius 1 is 1.47 bits per heavy atom. The van der Waals surface area contributed by atoms with Gasteiger partial charge in [-0.15, -0.1) is 0 Å². The number of aromatic nitrogens is 2. The van der Waals surface area contributed by atoms with Crippen molar-refractivity contribution in [3.8, 4) is 0 Å². The summed E-state index contributed by atoms with van der Waals surface area (Å²) in [6.45, 7) is 1.70. The van der Waals surface area contributed by atoms with Crippen molar-refractivity contribution in [2.45, 2.75) is 25.9 Å². The maximum absolute atomic E-state index is 9.21. The van der Waals surface area contributed by atoms with Crippen LogP contribution in [-0.2, 0) is 12.8 Å². The van der Waals surface area contributed by atoms with E-state index in [0.29, 0.717) is 24.6 Å². The molecule has 5 heteroatoms. The summed E-state index contributed by atoms with van der Waals surface area (Å²) >= 11 is 3.41. The second kappa shape index (κ2) is 5.42. The SMILES string of the molecule is CC(O)Cc1noc(Cc2cccc(Br)c2)n1. The van der Waals surface area contributed by atoms with Crippen molar-refractivity contribution in [2.24, 2.45) is 0 Å². The fourth-order valence-corrected chi connectivity index (χ4v) is 1.98. The first-order chi connectivity index (χ1) is 8.13. The van der Waals surface area contributed by atoms with Crippen LogP contribution < -0.4 is 0 Å². The van der Waals surface area contributed by atoms with Crippen LogP contribution in [0.1, 0.15) is 24.2 Å². The van der Waals surface area contributed by atoms with Crippen LogP contribution in [0.25, 0.3) is 0 Å². The molecule has 0 radical (unpaired) electrons. The van der Waals surface area contributed by atoms with Crippen LogP contribution in [0.15, 0.2) is 33.3 Å². The third-order valence-electron chi connectivity index (χ3n) is 2.23. The predicted molar refractivity (Wildman–Crippen MR) is 66.6 cm³/mol. The molecule has 1 aromatic carbocycles. The zero-order valence-electron chi connectivity index (χ0n) is 9.43. The number of hydrogen-bond donors (Lipinski definition) is 1. The average Bonchev–Trinajstić information content (AvgIpc) is 2.64. The first-order valence-corrected chi connectivity index (χ1v) is 6.17. The second-order valence-electron chi connectivity index (χ2n) is 3.96. The molecule has 0 aliphatic carbocycles. The van der Waals surface area contributed by atoms with Crippen LogP contribution in [0.2, 0.25) is 0 Å². The zero-order chi connectivity index (χ0) is 12.3. The smallest absolute Gasteiger partial charge is 0.231 e. The van der Waals surface area contributed by atoms with Gasteiger partial charge in [0.1, 0.15) is 0 Å². The van der Waals surface area contributed by atoms with Crippen LogP contribution in [0.3, 0.4) is 0 Å². The number of aliphatic hydroxyl groups is 1. The zero-order valence-corrected chi connectivity index (χ0v) is 11.0. The Bertz CT molecular complexity index is 497. The third kappa shape index (κ3) is 3.64. The van der Waals surface area contributed by atoms with E-state index in [4.69, 9.17) is 4.52 Å². The third-order valence-corrected chi connectivity index (χ3v) is 2.73. The highest BCUT2D eigenvalue weighted by atomic mass is 79.9. The molecule has 17 heavy (non-hydrogen) atoms. The van der Waals surface area contributed by atoms with Gasteiger partial charge in [0.25, 0.3) is 0 Å². The lowest BCUT2D eigenvalue weighted by Gasteiger charge is -1.97. The minimum Gasteiger partial charge on any atom is -0.393 e. The van der Waals surface area contributed by atoms with Crippen molar-refractivity contribution in [3.05, 3.63) is 46.0 Å². The highest BCUT2D eigenvalue weighted by Gasteiger charge is 2.09. The minimum absolute atomic E-state index is 0.419. The fraction of sp³-hybridized carbons (Fsp3) is 0.333. The monoisotopic (exact) mass is 296 g/mol. The van der Waals surface area contributed by atoms with Gasteiger partial charge in [-0.1, -0.05) is 33.2 Å². The van der Waals surface area contributed by atoms with Crippen molar-refractivity contribution in [3.63, 3.8) is 0 Å². The van der Waals surface area contributed by atoms with Gasteiger partial charge in [0.05, 0.1) is 12.5 Å². The van der Waals surface area contributed by atoms with Gasteiger partial charge in [0, 0.05) is 10.9 Å². The van der Waals surface area contributed by atoms with Crippen molar-refractivity contribution < 1.29 is 9.63 Å². The number of aliphatic hydroxyl groups excluding tert-OH is 1. The number of rotatable bonds is 4. The van der Waals surface area contributed by atoms with E-state index in [1.54, 1.807) is 6.92 Å². The second-order valence-corrected chi connectivity index (χ2v) is 4.88. The highest BCUT2D eigenvalue weighted by molar-refractivity contribution is 9.10. The lowest BCUT2D eigenvalue weighted by Crippen LogP contribution is -2.05. The van der Waals surface area contributed by atoms with E-state index in [1.165, 1.54) is 0 Å². The maximum Gasteiger partial charge on any atom is 0.231 e. The predicted octanol–water partition coefficient (Wildman–Crippen LogP) is 2.35. The van der Waals surface area contributed by atoms with E-state index in [-0.39, 0.29) is 0 Å². The van der Waals surface area contributed by atoms with Gasteiger partial charge in [-0.25, -0.2) is 0 Å². The Balaban J connectivity index is 2.06. The summed E-state index contributed by atoms with van der Waals surface area (Å²) in [6, 6.07) is 7.95. The van der Waals surface area contributed by atoms with Crippen molar-refractivity contribution in [2.75, 3.05) is 0 Å². The summed E-state index contributed by atoms with van der Waals surface area (Å²) in [5, 5.41) is 13.0. The summed E-state index contributed by atoms with van der Waals surface area (Å²) < 4.78 is 6.15. The number of hydrogen-bond acceptors (Lipinski definition) is 4. The molecule has 2 aromatic rings. The van der Waals surface area contributed by atoms with Crippen LogP contribution >= 0.6 is 15.9 Å². The molecule has 0 aliphatic heterocycles. The Labute approximate surface area is 108 Å². The number of halogens is 1. The molecule has 1 atom stereocenters. The molecule has 1 aromatic heterocycles. The average molecular weight is 297 g/mol. The summed E-state index contributed by atoms with van der Waals surface area (Å²) in [6.07, 6.45) is 0.570. The Morgan fingerprint density at radius 3 is 3.00 bits per heavy atom. The number of nitrogens with zero attached hydrogens (tertiary/aromatic N) is 2. The molecule has 0 fully saturated rings. The largest absolute Gasteiger partial charge is 0.393 e. The van der Waals surface area contributed by atoms with Gasteiger partial charge < -0.3 is 9.63 Å². The molecular formula is C12H13BrN2O2. The molecule has 0 saturated carbocycles. The van der Waals surface area contributed by atoms with Crippen LogP contribution in [0.4, 0.5) is 0 Å². The summed E-state index contributed by atoms with van der Waals surface area (Å²) in [5.41, 5.74) is 1.10. The Kier molecular flexibility index (Phi) is 3.91. The van der Waals surface area contributed by atoms with Gasteiger partial charge in [-0.3, -0.25) is 0 Å². The molecule has 0 spiro atoms. The Hall–Kier alpha value is -1.20. The van der Waals surface area contributed by atoms with Crippen molar-refractivity contribution in [1.29, 1.82) is 0 Å². The van der Waals surface area contributed by atoms with Crippen molar-refractivity contribution >= 4 is 15.9 Å². The fourth-order valence-electron chi connectivity index (χ4n) is 1.53. The minimum atomic E-state index is -0.452. The standard InChI is InChI=1S/C12H13BrN2O2/c1-8(16)5-11-14-12(17-15-11)7-9-3-2-4-10(13)6-9/h2-4,6,8,16H,5,7H2,1H3. The first kappa shape index (κ1) is 12.3. The molecule has 1 unspecified atom stereocenters. The summed E-state index contributed by atoms with van der Waals surface area (Å²) in [7, 11) is 0.